The van der Waals surface area contributed by atoms with Crippen LogP contribution in [0, 0.1) is 5.92 Å². The predicted octanol–water partition coefficient (Wildman–Crippen LogP) is 0.542. The van der Waals surface area contributed by atoms with Gasteiger partial charge in [0.15, 0.2) is 0 Å². The van der Waals surface area contributed by atoms with Crippen molar-refractivity contribution in [2.24, 2.45) is 11.7 Å². The Labute approximate surface area is 70.3 Å². The Morgan fingerprint density at radius 2 is 2.36 bits per heavy atom. The number of thioether (sulfide) groups is 1. The maximum atomic E-state index is 10.2. The molecule has 0 aromatic rings. The Morgan fingerprint density at radius 3 is 2.82 bits per heavy atom. The van der Waals surface area contributed by atoms with Crippen molar-refractivity contribution in [1.29, 1.82) is 0 Å². The zero-order valence-corrected chi connectivity index (χ0v) is 7.14. The molecule has 1 fully saturated rings. The minimum absolute atomic E-state index is 0.222. The average molecular weight is 175 g/mol. The van der Waals surface area contributed by atoms with Gasteiger partial charge in [-0.1, -0.05) is 0 Å². The highest BCUT2D eigenvalue weighted by atomic mass is 32.2. The van der Waals surface area contributed by atoms with E-state index in [0.717, 1.165) is 17.9 Å². The number of carboxylic acids is 1. The van der Waals surface area contributed by atoms with Gasteiger partial charge in [-0.2, -0.15) is 11.8 Å². The van der Waals surface area contributed by atoms with E-state index in [-0.39, 0.29) is 12.5 Å². The third-order valence-electron chi connectivity index (χ3n) is 1.98. The van der Waals surface area contributed by atoms with Crippen molar-refractivity contribution in [2.45, 2.75) is 18.9 Å². The Morgan fingerprint density at radius 1 is 1.64 bits per heavy atom. The van der Waals surface area contributed by atoms with Gasteiger partial charge < -0.3 is 10.8 Å². The van der Waals surface area contributed by atoms with E-state index in [0.29, 0.717) is 5.92 Å². The van der Waals surface area contributed by atoms with E-state index in [1.807, 2.05) is 11.8 Å². The summed E-state index contributed by atoms with van der Waals surface area (Å²) < 4.78 is 0. The predicted molar refractivity (Wildman–Crippen MR) is 45.7 cm³/mol. The Balaban J connectivity index is 2.20. The molecule has 1 aliphatic rings. The second-order valence-electron chi connectivity index (χ2n) is 2.89. The maximum absolute atomic E-state index is 10.2. The van der Waals surface area contributed by atoms with Crippen molar-refractivity contribution in [1.82, 2.24) is 0 Å². The number of rotatable bonds is 3. The lowest BCUT2D eigenvalue weighted by molar-refractivity contribution is -0.137. The molecular formula is C7H13NO2S. The lowest BCUT2D eigenvalue weighted by atomic mass is 9.99. The highest BCUT2D eigenvalue weighted by Crippen LogP contribution is 2.26. The fourth-order valence-corrected chi connectivity index (χ4v) is 2.62. The van der Waals surface area contributed by atoms with Crippen LogP contribution in [0.25, 0.3) is 0 Å². The van der Waals surface area contributed by atoms with Crippen molar-refractivity contribution in [2.75, 3.05) is 11.5 Å². The van der Waals surface area contributed by atoms with Gasteiger partial charge in [0.2, 0.25) is 0 Å². The third kappa shape index (κ3) is 2.71. The molecule has 1 saturated heterocycles. The normalized spacial score (nSPS) is 30.6. The summed E-state index contributed by atoms with van der Waals surface area (Å²) in [5.74, 6) is 1.74. The van der Waals surface area contributed by atoms with Crippen LogP contribution >= 0.6 is 11.8 Å². The zero-order valence-electron chi connectivity index (χ0n) is 6.32. The molecule has 0 aliphatic carbocycles. The number of hydrogen-bond donors (Lipinski definition) is 2. The van der Waals surface area contributed by atoms with Gasteiger partial charge in [0, 0.05) is 18.2 Å². The molecule has 2 atom stereocenters. The molecule has 0 spiro atoms. The number of carboxylic acid groups (broad SMARTS) is 1. The molecule has 0 saturated carbocycles. The van der Waals surface area contributed by atoms with Gasteiger partial charge in [0.25, 0.3) is 0 Å². The summed E-state index contributed by atoms with van der Waals surface area (Å²) in [5, 5.41) is 8.41. The SMILES string of the molecule is N[C@@H]1CSC[C@@H]1CCC(=O)O. The number of hydrogen-bond acceptors (Lipinski definition) is 3. The van der Waals surface area contributed by atoms with Crippen molar-refractivity contribution >= 4 is 17.7 Å². The average Bonchev–Trinajstić information content (AvgIpc) is 2.31. The fourth-order valence-electron chi connectivity index (χ4n) is 1.22. The van der Waals surface area contributed by atoms with Crippen LogP contribution in [0.2, 0.25) is 0 Å². The van der Waals surface area contributed by atoms with Crippen LogP contribution in [-0.4, -0.2) is 28.6 Å². The number of aliphatic carboxylic acids is 1. The number of nitrogens with two attached hydrogens (primary N) is 1. The molecule has 1 heterocycles. The van der Waals surface area contributed by atoms with Crippen LogP contribution in [0.4, 0.5) is 0 Å². The summed E-state index contributed by atoms with van der Waals surface area (Å²) in [5.41, 5.74) is 5.75. The molecule has 1 aliphatic heterocycles. The summed E-state index contributed by atoms with van der Waals surface area (Å²) >= 11 is 1.82. The highest BCUT2D eigenvalue weighted by Gasteiger charge is 2.24. The molecule has 0 amide bonds. The second kappa shape index (κ2) is 3.97. The van der Waals surface area contributed by atoms with E-state index < -0.39 is 5.97 Å². The molecule has 64 valence electrons. The highest BCUT2D eigenvalue weighted by molar-refractivity contribution is 7.99. The molecule has 3 nitrogen and oxygen atoms in total. The largest absolute Gasteiger partial charge is 0.481 e. The van der Waals surface area contributed by atoms with Gasteiger partial charge in [-0.3, -0.25) is 4.79 Å². The molecular weight excluding hydrogens is 162 g/mol. The summed E-state index contributed by atoms with van der Waals surface area (Å²) in [6.07, 6.45) is 1.00. The minimum atomic E-state index is -0.714. The van der Waals surface area contributed by atoms with Crippen molar-refractivity contribution in [3.63, 3.8) is 0 Å². The first-order valence-corrected chi connectivity index (χ1v) is 4.90. The molecule has 0 aromatic carbocycles. The van der Waals surface area contributed by atoms with Crippen LogP contribution in [-0.2, 0) is 4.79 Å². The van der Waals surface area contributed by atoms with Crippen LogP contribution in [0.15, 0.2) is 0 Å². The topological polar surface area (TPSA) is 63.3 Å². The fraction of sp³-hybridized carbons (Fsp3) is 0.857. The summed E-state index contributed by atoms with van der Waals surface area (Å²) in [6.45, 7) is 0. The molecule has 0 radical (unpaired) electrons. The lowest BCUT2D eigenvalue weighted by Crippen LogP contribution is -2.28. The first-order chi connectivity index (χ1) is 5.20. The maximum Gasteiger partial charge on any atom is 0.303 e. The summed E-state index contributed by atoms with van der Waals surface area (Å²) in [4.78, 5) is 10.2. The van der Waals surface area contributed by atoms with E-state index in [9.17, 15) is 4.79 Å². The standard InChI is InChI=1S/C7H13NO2S/c8-6-4-11-3-5(6)1-2-7(9)10/h5-6H,1-4,8H2,(H,9,10)/t5-,6+/m0/s1. The lowest BCUT2D eigenvalue weighted by Gasteiger charge is -2.11. The van der Waals surface area contributed by atoms with Gasteiger partial charge in [-0.25, -0.2) is 0 Å². The zero-order chi connectivity index (χ0) is 8.27. The van der Waals surface area contributed by atoms with E-state index in [2.05, 4.69) is 0 Å². The van der Waals surface area contributed by atoms with Gasteiger partial charge in [-0.05, 0) is 18.1 Å². The van der Waals surface area contributed by atoms with Gasteiger partial charge in [-0.15, -0.1) is 0 Å². The van der Waals surface area contributed by atoms with Crippen LogP contribution in [0.5, 0.6) is 0 Å². The molecule has 0 aromatic heterocycles. The number of carbonyl (C=O) groups is 1. The Kier molecular flexibility index (Phi) is 3.20. The first kappa shape index (κ1) is 8.87. The molecule has 11 heavy (non-hydrogen) atoms. The van der Waals surface area contributed by atoms with Crippen LogP contribution in [0.3, 0.4) is 0 Å². The summed E-state index contributed by atoms with van der Waals surface area (Å²) in [7, 11) is 0. The van der Waals surface area contributed by atoms with Crippen molar-refractivity contribution < 1.29 is 9.90 Å². The summed E-state index contributed by atoms with van der Waals surface area (Å²) in [6, 6.07) is 0.222. The molecule has 3 N–H and O–H groups in total. The van der Waals surface area contributed by atoms with Crippen molar-refractivity contribution in [3.05, 3.63) is 0 Å². The molecule has 0 unspecified atom stereocenters. The smallest absolute Gasteiger partial charge is 0.303 e. The van der Waals surface area contributed by atoms with Crippen molar-refractivity contribution in [3.8, 4) is 0 Å². The Bertz CT molecular complexity index is 151. The first-order valence-electron chi connectivity index (χ1n) is 3.75. The molecule has 0 bridgehead atoms. The Hall–Kier alpha value is -0.220. The van der Waals surface area contributed by atoms with Crippen LogP contribution < -0.4 is 5.73 Å². The second-order valence-corrected chi connectivity index (χ2v) is 3.97. The van der Waals surface area contributed by atoms with Gasteiger partial charge >= 0.3 is 5.97 Å². The monoisotopic (exact) mass is 175 g/mol. The van der Waals surface area contributed by atoms with Gasteiger partial charge in [0.05, 0.1) is 0 Å². The van der Waals surface area contributed by atoms with E-state index in [1.54, 1.807) is 0 Å². The van der Waals surface area contributed by atoms with Gasteiger partial charge in [0.1, 0.15) is 0 Å². The minimum Gasteiger partial charge on any atom is -0.481 e. The molecule has 4 heteroatoms. The quantitative estimate of drug-likeness (QED) is 0.657. The molecule has 1 rings (SSSR count). The van der Waals surface area contributed by atoms with E-state index in [1.165, 1.54) is 0 Å². The third-order valence-corrected chi connectivity index (χ3v) is 3.26. The van der Waals surface area contributed by atoms with E-state index in [4.69, 9.17) is 10.8 Å². The van der Waals surface area contributed by atoms with Crippen LogP contribution in [0.1, 0.15) is 12.8 Å². The van der Waals surface area contributed by atoms with E-state index >= 15 is 0 Å².